The zero-order chi connectivity index (χ0) is 8.39. The predicted molar refractivity (Wildman–Crippen MR) is 48.1 cm³/mol. The molecule has 0 aromatic heterocycles. The number of piperazine rings is 1. The van der Waals surface area contributed by atoms with Gasteiger partial charge in [0.05, 0.1) is 6.61 Å². The lowest BCUT2D eigenvalue weighted by atomic mass is 9.94. The fourth-order valence-electron chi connectivity index (χ4n) is 2.47. The Kier molecular flexibility index (Phi) is 2.63. The van der Waals surface area contributed by atoms with Crippen LogP contribution in [0.1, 0.15) is 19.3 Å². The summed E-state index contributed by atoms with van der Waals surface area (Å²) in [5, 5.41) is 12.5. The van der Waals surface area contributed by atoms with Crippen LogP contribution in [0, 0.1) is 0 Å². The van der Waals surface area contributed by atoms with Crippen LogP contribution in [0.15, 0.2) is 0 Å². The van der Waals surface area contributed by atoms with Gasteiger partial charge in [-0.2, -0.15) is 0 Å². The van der Waals surface area contributed by atoms with Crippen LogP contribution in [0.3, 0.4) is 0 Å². The summed E-state index contributed by atoms with van der Waals surface area (Å²) < 4.78 is 0. The third-order valence-electron chi connectivity index (χ3n) is 3.13. The van der Waals surface area contributed by atoms with E-state index in [4.69, 9.17) is 5.11 Å². The van der Waals surface area contributed by atoms with Crippen molar-refractivity contribution in [3.8, 4) is 0 Å². The average Bonchev–Trinajstić information content (AvgIpc) is 2.17. The molecule has 2 rings (SSSR count). The second-order valence-electron chi connectivity index (χ2n) is 3.84. The summed E-state index contributed by atoms with van der Waals surface area (Å²) in [5.74, 6) is 0. The summed E-state index contributed by atoms with van der Waals surface area (Å²) in [7, 11) is 0. The SMILES string of the molecule is OCC1NCCN2CCCCC12. The highest BCUT2D eigenvalue weighted by molar-refractivity contribution is 4.91. The van der Waals surface area contributed by atoms with Crippen molar-refractivity contribution in [1.82, 2.24) is 10.2 Å². The lowest BCUT2D eigenvalue weighted by Gasteiger charge is -2.44. The summed E-state index contributed by atoms with van der Waals surface area (Å²) in [5.41, 5.74) is 0. The largest absolute Gasteiger partial charge is 0.395 e. The van der Waals surface area contributed by atoms with Crippen molar-refractivity contribution >= 4 is 0 Å². The first-order chi connectivity index (χ1) is 5.92. The smallest absolute Gasteiger partial charge is 0.0599 e. The van der Waals surface area contributed by atoms with Crippen LogP contribution in [0.5, 0.6) is 0 Å². The second-order valence-corrected chi connectivity index (χ2v) is 3.84. The Bertz CT molecular complexity index is 143. The van der Waals surface area contributed by atoms with Crippen LogP contribution in [-0.2, 0) is 0 Å². The zero-order valence-electron chi connectivity index (χ0n) is 7.50. The molecule has 0 aromatic rings. The fraction of sp³-hybridized carbons (Fsp3) is 1.00. The lowest BCUT2D eigenvalue weighted by molar-refractivity contribution is 0.0575. The molecule has 2 saturated heterocycles. The Morgan fingerprint density at radius 1 is 1.33 bits per heavy atom. The van der Waals surface area contributed by atoms with Gasteiger partial charge in [0.2, 0.25) is 0 Å². The monoisotopic (exact) mass is 170 g/mol. The third-order valence-corrected chi connectivity index (χ3v) is 3.13. The van der Waals surface area contributed by atoms with E-state index < -0.39 is 0 Å². The van der Waals surface area contributed by atoms with Gasteiger partial charge in [-0.05, 0) is 19.4 Å². The minimum Gasteiger partial charge on any atom is -0.395 e. The van der Waals surface area contributed by atoms with Crippen LogP contribution in [0.4, 0.5) is 0 Å². The van der Waals surface area contributed by atoms with Gasteiger partial charge in [-0.1, -0.05) is 6.42 Å². The summed E-state index contributed by atoms with van der Waals surface area (Å²) in [4.78, 5) is 2.53. The standard InChI is InChI=1S/C9H18N2O/c12-7-8-9-3-1-2-5-11(9)6-4-10-8/h8-10,12H,1-7H2. The Hall–Kier alpha value is -0.120. The molecule has 2 unspecified atom stereocenters. The Morgan fingerprint density at radius 2 is 2.25 bits per heavy atom. The maximum Gasteiger partial charge on any atom is 0.0599 e. The highest BCUT2D eigenvalue weighted by Crippen LogP contribution is 2.21. The quantitative estimate of drug-likeness (QED) is 0.572. The van der Waals surface area contributed by atoms with Gasteiger partial charge >= 0.3 is 0 Å². The summed E-state index contributed by atoms with van der Waals surface area (Å²) in [6.45, 7) is 3.74. The molecule has 0 aromatic carbocycles. The van der Waals surface area contributed by atoms with E-state index in [1.165, 1.54) is 32.4 Å². The van der Waals surface area contributed by atoms with Crippen LogP contribution in [0.2, 0.25) is 0 Å². The molecule has 12 heavy (non-hydrogen) atoms. The van der Waals surface area contributed by atoms with Crippen molar-refractivity contribution in [2.45, 2.75) is 31.3 Å². The number of aliphatic hydroxyl groups is 1. The van der Waals surface area contributed by atoms with Gasteiger partial charge in [0.25, 0.3) is 0 Å². The number of rotatable bonds is 1. The number of aliphatic hydroxyl groups excluding tert-OH is 1. The van der Waals surface area contributed by atoms with E-state index in [2.05, 4.69) is 10.2 Å². The fourth-order valence-corrected chi connectivity index (χ4v) is 2.47. The Labute approximate surface area is 73.8 Å². The molecule has 2 heterocycles. The first kappa shape index (κ1) is 8.48. The summed E-state index contributed by atoms with van der Waals surface area (Å²) in [6, 6.07) is 0.941. The molecule has 3 heteroatoms. The van der Waals surface area contributed by atoms with E-state index in [0.717, 1.165) is 6.54 Å². The molecule has 2 N–H and O–H groups in total. The molecule has 2 aliphatic heterocycles. The van der Waals surface area contributed by atoms with E-state index in [1.807, 2.05) is 0 Å². The van der Waals surface area contributed by atoms with Crippen LogP contribution in [0.25, 0.3) is 0 Å². The predicted octanol–water partition coefficient (Wildman–Crippen LogP) is -0.195. The van der Waals surface area contributed by atoms with E-state index >= 15 is 0 Å². The molecule has 2 aliphatic rings. The molecule has 0 aliphatic carbocycles. The Morgan fingerprint density at radius 3 is 3.08 bits per heavy atom. The highest BCUT2D eigenvalue weighted by atomic mass is 16.3. The number of nitrogens with zero attached hydrogens (tertiary/aromatic N) is 1. The van der Waals surface area contributed by atoms with Crippen molar-refractivity contribution in [3.05, 3.63) is 0 Å². The first-order valence-electron chi connectivity index (χ1n) is 5.00. The number of fused-ring (bicyclic) bond motifs is 1. The van der Waals surface area contributed by atoms with Gasteiger partial charge in [0.1, 0.15) is 0 Å². The van der Waals surface area contributed by atoms with Gasteiger partial charge in [-0.15, -0.1) is 0 Å². The topological polar surface area (TPSA) is 35.5 Å². The zero-order valence-corrected chi connectivity index (χ0v) is 7.50. The van der Waals surface area contributed by atoms with Crippen molar-refractivity contribution in [2.24, 2.45) is 0 Å². The molecule has 70 valence electrons. The van der Waals surface area contributed by atoms with E-state index in [1.54, 1.807) is 0 Å². The normalized spacial score (nSPS) is 37.8. The average molecular weight is 170 g/mol. The first-order valence-corrected chi connectivity index (χ1v) is 5.00. The molecule has 2 fully saturated rings. The minimum absolute atomic E-state index is 0.293. The van der Waals surface area contributed by atoms with Gasteiger partial charge < -0.3 is 10.4 Å². The molecule has 3 nitrogen and oxygen atoms in total. The minimum atomic E-state index is 0.293. The second kappa shape index (κ2) is 3.73. The highest BCUT2D eigenvalue weighted by Gasteiger charge is 2.31. The van der Waals surface area contributed by atoms with Crippen molar-refractivity contribution in [3.63, 3.8) is 0 Å². The number of piperidine rings is 1. The molecule has 0 radical (unpaired) electrons. The molecule has 0 bridgehead atoms. The number of hydrogen-bond donors (Lipinski definition) is 2. The summed E-state index contributed by atoms with van der Waals surface area (Å²) in [6.07, 6.45) is 3.94. The van der Waals surface area contributed by atoms with Gasteiger partial charge in [-0.3, -0.25) is 4.90 Å². The number of hydrogen-bond acceptors (Lipinski definition) is 3. The molecule has 0 spiro atoms. The maximum atomic E-state index is 9.14. The lowest BCUT2D eigenvalue weighted by Crippen LogP contribution is -2.60. The summed E-state index contributed by atoms with van der Waals surface area (Å²) >= 11 is 0. The van der Waals surface area contributed by atoms with Crippen molar-refractivity contribution < 1.29 is 5.11 Å². The van der Waals surface area contributed by atoms with Crippen LogP contribution < -0.4 is 5.32 Å². The van der Waals surface area contributed by atoms with Gasteiger partial charge in [0.15, 0.2) is 0 Å². The van der Waals surface area contributed by atoms with Gasteiger partial charge in [-0.25, -0.2) is 0 Å². The van der Waals surface area contributed by atoms with Crippen molar-refractivity contribution in [2.75, 3.05) is 26.2 Å². The van der Waals surface area contributed by atoms with Gasteiger partial charge in [0, 0.05) is 25.2 Å². The van der Waals surface area contributed by atoms with E-state index in [9.17, 15) is 0 Å². The Balaban J connectivity index is 1.99. The van der Waals surface area contributed by atoms with E-state index in [0.29, 0.717) is 18.7 Å². The molecule has 0 saturated carbocycles. The van der Waals surface area contributed by atoms with Crippen LogP contribution >= 0.6 is 0 Å². The third kappa shape index (κ3) is 1.49. The van der Waals surface area contributed by atoms with Crippen LogP contribution in [-0.4, -0.2) is 48.3 Å². The molecule has 0 amide bonds. The number of nitrogens with one attached hydrogen (secondary N) is 1. The molecule has 2 atom stereocenters. The van der Waals surface area contributed by atoms with Crippen molar-refractivity contribution in [1.29, 1.82) is 0 Å². The maximum absolute atomic E-state index is 9.14. The molecular weight excluding hydrogens is 152 g/mol. The molecular formula is C9H18N2O. The van der Waals surface area contributed by atoms with E-state index in [-0.39, 0.29) is 0 Å².